The maximum Gasteiger partial charge on any atom is 0.325 e. The molecule has 0 saturated carbocycles. The first kappa shape index (κ1) is 20.6. The number of benzene rings is 1. The Bertz CT molecular complexity index is 690. The third-order valence-electron chi connectivity index (χ3n) is 4.09. The van der Waals surface area contributed by atoms with Crippen molar-refractivity contribution in [2.45, 2.75) is 53.2 Å². The fraction of sp³-hybridized carbons (Fsp3) is 0.500. The summed E-state index contributed by atoms with van der Waals surface area (Å²) in [6.07, 6.45) is 2.33. The number of carbonyl (C=O) groups excluding carboxylic acids is 2. The van der Waals surface area contributed by atoms with E-state index in [4.69, 9.17) is 4.74 Å². The lowest BCUT2D eigenvalue weighted by atomic mass is 9.94. The number of halogens is 1. The average Bonchev–Trinajstić information content (AvgIpc) is 2.54. The second kappa shape index (κ2) is 8.35. The Balaban J connectivity index is 2.24. The van der Waals surface area contributed by atoms with E-state index in [1.165, 1.54) is 0 Å². The van der Waals surface area contributed by atoms with Crippen molar-refractivity contribution in [1.29, 1.82) is 0 Å². The first-order valence-electron chi connectivity index (χ1n) is 8.81. The van der Waals surface area contributed by atoms with Crippen molar-refractivity contribution in [2.24, 2.45) is 5.41 Å². The van der Waals surface area contributed by atoms with Crippen LogP contribution in [0.25, 0.3) is 5.57 Å². The zero-order chi connectivity index (χ0) is 19.5. The number of hydrogen-bond acceptors (Lipinski definition) is 4. The maximum absolute atomic E-state index is 12.6. The van der Waals surface area contributed by atoms with E-state index in [2.05, 4.69) is 21.4 Å². The van der Waals surface area contributed by atoms with Gasteiger partial charge in [0.2, 0.25) is 5.91 Å². The second-order valence-electron chi connectivity index (χ2n) is 7.79. The molecule has 0 bridgehead atoms. The predicted molar refractivity (Wildman–Crippen MR) is 106 cm³/mol. The fourth-order valence-electron chi connectivity index (χ4n) is 2.58. The van der Waals surface area contributed by atoms with Gasteiger partial charge in [-0.15, -0.1) is 0 Å². The number of amides is 1. The van der Waals surface area contributed by atoms with Gasteiger partial charge in [0.15, 0.2) is 0 Å². The molecule has 26 heavy (non-hydrogen) atoms. The van der Waals surface area contributed by atoms with E-state index in [9.17, 15) is 9.59 Å². The summed E-state index contributed by atoms with van der Waals surface area (Å²) < 4.78 is 6.43. The third kappa shape index (κ3) is 5.42. The summed E-state index contributed by atoms with van der Waals surface area (Å²) in [7, 11) is 0. The number of ether oxygens (including phenoxy) is 1. The molecule has 1 aromatic rings. The van der Waals surface area contributed by atoms with Gasteiger partial charge in [-0.05, 0) is 37.1 Å². The molecule has 6 heteroatoms. The average molecular weight is 423 g/mol. The quantitative estimate of drug-likeness (QED) is 0.746. The lowest BCUT2D eigenvalue weighted by Gasteiger charge is -2.35. The molecule has 0 saturated heterocycles. The molecule has 1 heterocycles. The van der Waals surface area contributed by atoms with E-state index >= 15 is 0 Å². The molecule has 1 aliphatic rings. The Morgan fingerprint density at radius 3 is 2.38 bits per heavy atom. The standard InChI is InChI=1S/C20H27BrN2O3/c1-13(2)26-18(24)17-12-15(14-6-8-16(21)9-7-14)10-11-23(17)22-19(25)20(3,4)5/h6-10,13,17H,11-12H2,1-5H3,(H,22,25)/t17-/m1/s1. The van der Waals surface area contributed by atoms with Gasteiger partial charge in [-0.1, -0.05) is 54.9 Å². The van der Waals surface area contributed by atoms with Gasteiger partial charge in [-0.2, -0.15) is 0 Å². The minimum Gasteiger partial charge on any atom is -0.462 e. The molecule has 5 nitrogen and oxygen atoms in total. The van der Waals surface area contributed by atoms with E-state index in [0.717, 1.165) is 15.6 Å². The molecule has 142 valence electrons. The van der Waals surface area contributed by atoms with Crippen LogP contribution < -0.4 is 5.43 Å². The monoisotopic (exact) mass is 422 g/mol. The van der Waals surface area contributed by atoms with Crippen molar-refractivity contribution in [2.75, 3.05) is 6.54 Å². The molecule has 1 aromatic carbocycles. The summed E-state index contributed by atoms with van der Waals surface area (Å²) in [4.78, 5) is 25.0. The van der Waals surface area contributed by atoms with Crippen LogP contribution >= 0.6 is 15.9 Å². The van der Waals surface area contributed by atoms with Crippen LogP contribution in [0.1, 0.15) is 46.6 Å². The second-order valence-corrected chi connectivity index (χ2v) is 8.70. The molecule has 1 N–H and O–H groups in total. The molecule has 0 unspecified atom stereocenters. The molecular weight excluding hydrogens is 396 g/mol. The molecule has 1 amide bonds. The number of nitrogens with one attached hydrogen (secondary N) is 1. The molecule has 0 radical (unpaired) electrons. The Labute approximate surface area is 163 Å². The van der Waals surface area contributed by atoms with E-state index in [1.54, 1.807) is 5.01 Å². The highest BCUT2D eigenvalue weighted by atomic mass is 79.9. The topological polar surface area (TPSA) is 58.6 Å². The van der Waals surface area contributed by atoms with Gasteiger partial charge in [0.1, 0.15) is 6.04 Å². The molecule has 0 spiro atoms. The number of carbonyl (C=O) groups is 2. The van der Waals surface area contributed by atoms with Crippen molar-refractivity contribution in [3.05, 3.63) is 40.4 Å². The predicted octanol–water partition coefficient (Wildman–Crippen LogP) is 3.94. The largest absolute Gasteiger partial charge is 0.462 e. The summed E-state index contributed by atoms with van der Waals surface area (Å²) in [5.41, 5.74) is 4.49. The molecule has 0 aliphatic carbocycles. The first-order chi connectivity index (χ1) is 12.1. The first-order valence-corrected chi connectivity index (χ1v) is 9.60. The van der Waals surface area contributed by atoms with Gasteiger partial charge in [-0.25, -0.2) is 5.01 Å². The minimum absolute atomic E-state index is 0.125. The fourth-order valence-corrected chi connectivity index (χ4v) is 2.84. The number of esters is 1. The third-order valence-corrected chi connectivity index (χ3v) is 4.62. The van der Waals surface area contributed by atoms with Crippen LogP contribution in [0.4, 0.5) is 0 Å². The number of rotatable bonds is 4. The van der Waals surface area contributed by atoms with Crippen molar-refractivity contribution in [3.8, 4) is 0 Å². The SMILES string of the molecule is CC(C)OC(=O)[C@H]1CC(c2ccc(Br)cc2)=CCN1NC(=O)C(C)(C)C. The van der Waals surface area contributed by atoms with Gasteiger partial charge in [-0.3, -0.25) is 15.0 Å². The summed E-state index contributed by atoms with van der Waals surface area (Å²) in [6, 6.07) is 7.44. The van der Waals surface area contributed by atoms with E-state index in [0.29, 0.717) is 13.0 Å². The molecule has 0 aromatic heterocycles. The lowest BCUT2D eigenvalue weighted by molar-refractivity contribution is -0.156. The normalized spacial score (nSPS) is 18.4. The highest BCUT2D eigenvalue weighted by molar-refractivity contribution is 9.10. The van der Waals surface area contributed by atoms with Crippen LogP contribution in [0.2, 0.25) is 0 Å². The number of hydrazine groups is 1. The van der Waals surface area contributed by atoms with Crippen LogP contribution in [0.3, 0.4) is 0 Å². The minimum atomic E-state index is -0.549. The summed E-state index contributed by atoms with van der Waals surface area (Å²) in [6.45, 7) is 9.63. The van der Waals surface area contributed by atoms with Gasteiger partial charge < -0.3 is 4.74 Å². The van der Waals surface area contributed by atoms with Crippen LogP contribution in [0.15, 0.2) is 34.8 Å². The molecular formula is C20H27BrN2O3. The van der Waals surface area contributed by atoms with Gasteiger partial charge in [0.05, 0.1) is 6.10 Å². The highest BCUT2D eigenvalue weighted by Crippen LogP contribution is 2.28. The summed E-state index contributed by atoms with van der Waals surface area (Å²) in [5, 5.41) is 1.68. The Kier molecular flexibility index (Phi) is 6.64. The molecule has 2 rings (SSSR count). The van der Waals surface area contributed by atoms with Gasteiger partial charge in [0, 0.05) is 22.9 Å². The van der Waals surface area contributed by atoms with E-state index < -0.39 is 11.5 Å². The molecule has 1 atom stereocenters. The van der Waals surface area contributed by atoms with Crippen LogP contribution in [-0.4, -0.2) is 35.6 Å². The van der Waals surface area contributed by atoms with E-state index in [-0.39, 0.29) is 18.0 Å². The smallest absolute Gasteiger partial charge is 0.325 e. The van der Waals surface area contributed by atoms with Crippen molar-refractivity contribution < 1.29 is 14.3 Å². The molecule has 1 aliphatic heterocycles. The zero-order valence-electron chi connectivity index (χ0n) is 16.0. The van der Waals surface area contributed by atoms with Crippen LogP contribution in [0.5, 0.6) is 0 Å². The van der Waals surface area contributed by atoms with E-state index in [1.807, 2.05) is 65.0 Å². The van der Waals surface area contributed by atoms with Crippen LogP contribution in [0, 0.1) is 5.41 Å². The molecule has 0 fully saturated rings. The van der Waals surface area contributed by atoms with Crippen LogP contribution in [-0.2, 0) is 14.3 Å². The zero-order valence-corrected chi connectivity index (χ0v) is 17.6. The number of hydrogen-bond donors (Lipinski definition) is 1. The van der Waals surface area contributed by atoms with Gasteiger partial charge >= 0.3 is 5.97 Å². The van der Waals surface area contributed by atoms with Crippen molar-refractivity contribution in [3.63, 3.8) is 0 Å². The Morgan fingerprint density at radius 1 is 1.23 bits per heavy atom. The van der Waals surface area contributed by atoms with Crippen molar-refractivity contribution in [1.82, 2.24) is 10.4 Å². The van der Waals surface area contributed by atoms with Crippen molar-refractivity contribution >= 4 is 33.4 Å². The number of nitrogens with zero attached hydrogens (tertiary/aromatic N) is 1. The van der Waals surface area contributed by atoms with Gasteiger partial charge in [0.25, 0.3) is 0 Å². The Hall–Kier alpha value is -1.66. The lowest BCUT2D eigenvalue weighted by Crippen LogP contribution is -2.56. The Morgan fingerprint density at radius 2 is 1.85 bits per heavy atom. The maximum atomic E-state index is 12.6. The summed E-state index contributed by atoms with van der Waals surface area (Å²) in [5.74, 6) is -0.447. The summed E-state index contributed by atoms with van der Waals surface area (Å²) >= 11 is 3.44. The highest BCUT2D eigenvalue weighted by Gasteiger charge is 2.34.